The molecule has 0 bridgehead atoms. The van der Waals surface area contributed by atoms with Crippen LogP contribution in [-0.4, -0.2) is 62.3 Å². The fourth-order valence-electron chi connectivity index (χ4n) is 1.31. The summed E-state index contributed by atoms with van der Waals surface area (Å²) in [4.78, 5) is 0. The van der Waals surface area contributed by atoms with E-state index in [4.69, 9.17) is 15.3 Å². The molecule has 1 aliphatic heterocycles. The van der Waals surface area contributed by atoms with E-state index in [0.29, 0.717) is 0 Å². The molecular weight excluding hydrogens is 180 g/mol. The quantitative estimate of drug-likeness (QED) is 0.308. The number of ether oxygens (including phenoxy) is 1. The Morgan fingerprint density at radius 1 is 1.31 bits per heavy atom. The Hall–Kier alpha value is -0.240. The molecule has 0 unspecified atom stereocenters. The molecule has 0 aromatic rings. The lowest BCUT2D eigenvalue weighted by Crippen LogP contribution is -2.65. The van der Waals surface area contributed by atoms with Gasteiger partial charge in [-0.2, -0.15) is 0 Å². The van der Waals surface area contributed by atoms with Gasteiger partial charge in [0.25, 0.3) is 0 Å². The van der Waals surface area contributed by atoms with E-state index >= 15 is 0 Å². The predicted octanol–water partition coefficient (Wildman–Crippen LogP) is -2.83. The second-order valence-corrected chi connectivity index (χ2v) is 3.36. The van der Waals surface area contributed by atoms with Crippen molar-refractivity contribution in [2.75, 3.05) is 6.61 Å². The van der Waals surface area contributed by atoms with Crippen molar-refractivity contribution >= 4 is 0 Å². The van der Waals surface area contributed by atoms with Crippen LogP contribution in [0.25, 0.3) is 0 Å². The van der Waals surface area contributed by atoms with Crippen molar-refractivity contribution in [1.82, 2.24) is 0 Å². The molecule has 6 nitrogen and oxygen atoms in total. The lowest BCUT2D eigenvalue weighted by Gasteiger charge is -2.44. The van der Waals surface area contributed by atoms with Crippen molar-refractivity contribution in [3.8, 4) is 0 Å². The van der Waals surface area contributed by atoms with E-state index in [1.54, 1.807) is 0 Å². The van der Waals surface area contributed by atoms with Gasteiger partial charge in [0.1, 0.15) is 23.9 Å². The van der Waals surface area contributed by atoms with Gasteiger partial charge in [0.2, 0.25) is 0 Å². The van der Waals surface area contributed by atoms with Crippen LogP contribution < -0.4 is 0 Å². The molecule has 0 radical (unpaired) electrons. The molecule has 0 saturated carbocycles. The first-order valence-electron chi connectivity index (χ1n) is 3.94. The Labute approximate surface area is 75.0 Å². The highest BCUT2D eigenvalue weighted by molar-refractivity contribution is 4.98. The normalized spacial score (nSPS) is 52.2. The van der Waals surface area contributed by atoms with Gasteiger partial charge in [-0.05, 0) is 6.92 Å². The summed E-state index contributed by atoms with van der Waals surface area (Å²) in [7, 11) is 0. The maximum Gasteiger partial charge on any atom is 0.184 e. The Morgan fingerprint density at radius 2 is 1.85 bits per heavy atom. The second-order valence-electron chi connectivity index (χ2n) is 3.36. The van der Waals surface area contributed by atoms with Crippen molar-refractivity contribution in [3.05, 3.63) is 0 Å². The van der Waals surface area contributed by atoms with Gasteiger partial charge in [-0.25, -0.2) is 0 Å². The van der Waals surface area contributed by atoms with Gasteiger partial charge in [0.15, 0.2) is 6.29 Å². The topological polar surface area (TPSA) is 110 Å². The summed E-state index contributed by atoms with van der Waals surface area (Å²) in [6.45, 7) is 0.668. The van der Waals surface area contributed by atoms with Crippen LogP contribution in [0.15, 0.2) is 0 Å². The summed E-state index contributed by atoms with van der Waals surface area (Å²) in [6, 6.07) is 0. The molecule has 0 aromatic heterocycles. The van der Waals surface area contributed by atoms with Crippen molar-refractivity contribution in [2.24, 2.45) is 0 Å². The van der Waals surface area contributed by atoms with Gasteiger partial charge < -0.3 is 30.3 Å². The zero-order valence-electron chi connectivity index (χ0n) is 7.16. The smallest absolute Gasteiger partial charge is 0.184 e. The number of aliphatic hydroxyl groups is 5. The fourth-order valence-corrected chi connectivity index (χ4v) is 1.31. The highest BCUT2D eigenvalue weighted by atomic mass is 16.6. The average molecular weight is 194 g/mol. The molecule has 78 valence electrons. The lowest BCUT2D eigenvalue weighted by molar-refractivity contribution is -0.316. The van der Waals surface area contributed by atoms with Crippen molar-refractivity contribution in [2.45, 2.75) is 37.1 Å². The third kappa shape index (κ3) is 1.69. The molecule has 0 spiro atoms. The molecule has 13 heavy (non-hydrogen) atoms. The highest BCUT2D eigenvalue weighted by Gasteiger charge is 2.51. The molecule has 1 saturated heterocycles. The molecule has 1 aliphatic rings. The number of hydrogen-bond donors (Lipinski definition) is 5. The van der Waals surface area contributed by atoms with Gasteiger partial charge in [-0.1, -0.05) is 0 Å². The first-order chi connectivity index (χ1) is 5.91. The third-order valence-corrected chi connectivity index (χ3v) is 2.34. The summed E-state index contributed by atoms with van der Waals surface area (Å²) in [5.41, 5.74) is -1.77. The summed E-state index contributed by atoms with van der Waals surface area (Å²) >= 11 is 0. The first-order valence-corrected chi connectivity index (χ1v) is 3.94. The van der Waals surface area contributed by atoms with Crippen LogP contribution in [0.2, 0.25) is 0 Å². The van der Waals surface area contributed by atoms with Gasteiger partial charge >= 0.3 is 0 Å². The van der Waals surface area contributed by atoms with Gasteiger partial charge in [-0.3, -0.25) is 0 Å². The summed E-state index contributed by atoms with van der Waals surface area (Å²) < 4.78 is 4.68. The van der Waals surface area contributed by atoms with E-state index in [9.17, 15) is 10.2 Å². The monoisotopic (exact) mass is 194 g/mol. The predicted molar refractivity (Wildman–Crippen MR) is 40.6 cm³/mol. The molecule has 5 atom stereocenters. The molecule has 1 fully saturated rings. The standard InChI is InChI=1S/C7H14O6/c1-7(12)3(2-8)13-6(11)4(9)5(7)10/h3-6,8-12H,2H2,1H3/t3-,4-,5-,6+,7+/m1/s1. The molecule has 5 N–H and O–H groups in total. The van der Waals surface area contributed by atoms with Gasteiger partial charge in [-0.15, -0.1) is 0 Å². The zero-order chi connectivity index (χ0) is 10.2. The Bertz CT molecular complexity index is 178. The van der Waals surface area contributed by atoms with Crippen LogP contribution in [0, 0.1) is 0 Å². The molecular formula is C7H14O6. The van der Waals surface area contributed by atoms with Crippen LogP contribution in [-0.2, 0) is 4.74 Å². The van der Waals surface area contributed by atoms with E-state index in [0.717, 1.165) is 0 Å². The van der Waals surface area contributed by atoms with E-state index in [1.165, 1.54) is 6.92 Å². The fraction of sp³-hybridized carbons (Fsp3) is 1.00. The minimum atomic E-state index is -1.77. The van der Waals surface area contributed by atoms with Gasteiger partial charge in [0, 0.05) is 0 Å². The van der Waals surface area contributed by atoms with E-state index in [2.05, 4.69) is 4.74 Å². The molecule has 0 aliphatic carbocycles. The zero-order valence-corrected chi connectivity index (χ0v) is 7.16. The van der Waals surface area contributed by atoms with E-state index in [-0.39, 0.29) is 0 Å². The third-order valence-electron chi connectivity index (χ3n) is 2.34. The first kappa shape index (κ1) is 10.8. The van der Waals surface area contributed by atoms with E-state index in [1.807, 2.05) is 0 Å². The van der Waals surface area contributed by atoms with Crippen LogP contribution in [0.4, 0.5) is 0 Å². The SMILES string of the molecule is C[C@@]1(O)[C@H](O)[C@@H](O)[C@@H](O)O[C@@H]1CO. The van der Waals surface area contributed by atoms with E-state index < -0.39 is 36.8 Å². The second kappa shape index (κ2) is 3.49. The van der Waals surface area contributed by atoms with Crippen molar-refractivity contribution in [3.63, 3.8) is 0 Å². The average Bonchev–Trinajstić information content (AvgIpc) is 2.08. The lowest BCUT2D eigenvalue weighted by atomic mass is 9.86. The highest BCUT2D eigenvalue weighted by Crippen LogP contribution is 2.28. The Kier molecular flexibility index (Phi) is 2.91. The molecule has 1 rings (SSSR count). The maximum absolute atomic E-state index is 9.58. The molecule has 0 amide bonds. The Balaban J connectivity index is 2.82. The van der Waals surface area contributed by atoms with Gasteiger partial charge in [0.05, 0.1) is 6.61 Å². The van der Waals surface area contributed by atoms with Crippen LogP contribution in [0.1, 0.15) is 6.92 Å². The van der Waals surface area contributed by atoms with Crippen LogP contribution in [0.3, 0.4) is 0 Å². The summed E-state index contributed by atoms with van der Waals surface area (Å²) in [5.74, 6) is 0. The number of rotatable bonds is 1. The minimum Gasteiger partial charge on any atom is -0.394 e. The Morgan fingerprint density at radius 3 is 2.31 bits per heavy atom. The summed E-state index contributed by atoms with van der Waals surface area (Å²) in [5, 5.41) is 45.8. The van der Waals surface area contributed by atoms with Crippen LogP contribution >= 0.6 is 0 Å². The van der Waals surface area contributed by atoms with Crippen molar-refractivity contribution < 1.29 is 30.3 Å². The molecule has 0 aromatic carbocycles. The molecule has 1 heterocycles. The largest absolute Gasteiger partial charge is 0.394 e. The van der Waals surface area contributed by atoms with Crippen molar-refractivity contribution in [1.29, 1.82) is 0 Å². The summed E-state index contributed by atoms with van der Waals surface area (Å²) in [6.07, 6.45) is -5.82. The number of aliphatic hydroxyl groups excluding tert-OH is 4. The maximum atomic E-state index is 9.58. The molecule has 6 heteroatoms. The number of hydrogen-bond acceptors (Lipinski definition) is 6. The van der Waals surface area contributed by atoms with Crippen LogP contribution in [0.5, 0.6) is 0 Å². The minimum absolute atomic E-state index is 0.548.